The minimum atomic E-state index is -4.78. The highest BCUT2D eigenvalue weighted by Gasteiger charge is 2.38. The van der Waals surface area contributed by atoms with Gasteiger partial charge in [0.25, 0.3) is 0 Å². The highest BCUT2D eigenvalue weighted by molar-refractivity contribution is 5.87. The van der Waals surface area contributed by atoms with E-state index in [0.717, 1.165) is 30.3 Å². The fourth-order valence-corrected chi connectivity index (χ4v) is 6.60. The first kappa shape index (κ1) is 37.5. The highest BCUT2D eigenvalue weighted by atomic mass is 19.4. The van der Waals surface area contributed by atoms with Crippen molar-refractivity contribution in [3.05, 3.63) is 113 Å². The first-order valence-corrected chi connectivity index (χ1v) is 16.6. The van der Waals surface area contributed by atoms with Gasteiger partial charge in [-0.25, -0.2) is 4.79 Å². The number of piperazine rings is 2. The SMILES string of the molecule is O=C(O)c1ccc(CNc2cc(C(F)(F)F)c(N3CCN(c4cccc(C(F)(F)F)c4)CC3)cc2N2CCN(c3cccc(C(F)(F)F)c3)CC2)cc1. The molecule has 0 atom stereocenters. The zero-order chi connectivity index (χ0) is 38.1. The summed E-state index contributed by atoms with van der Waals surface area (Å²) in [5.74, 6) is -1.13. The Morgan fingerprint density at radius 3 is 1.45 bits per heavy atom. The fraction of sp³-hybridized carbons (Fsp3) is 0.324. The van der Waals surface area contributed by atoms with Gasteiger partial charge in [0.1, 0.15) is 0 Å². The summed E-state index contributed by atoms with van der Waals surface area (Å²) in [4.78, 5) is 18.2. The molecule has 0 aliphatic carbocycles. The monoisotopic (exact) mass is 751 g/mol. The molecule has 0 radical (unpaired) electrons. The number of hydrogen-bond donors (Lipinski definition) is 2. The second-order valence-corrected chi connectivity index (χ2v) is 12.8. The lowest BCUT2D eigenvalue weighted by atomic mass is 10.0. The maximum Gasteiger partial charge on any atom is 0.418 e. The van der Waals surface area contributed by atoms with Crippen molar-refractivity contribution in [3.8, 4) is 0 Å². The third-order valence-electron chi connectivity index (χ3n) is 9.42. The standard InChI is InChI=1S/C37H34F9N5O2/c38-35(39,40)26-3-1-5-28(19-26)48-11-15-50(16-12-48)32-22-33(51-17-13-49(14-18-51)29-6-2-4-27(20-29)36(41,42)43)31(21-30(32)37(44,45)46)47-23-24-7-9-25(10-8-24)34(52)53/h1-10,19-22,47H,11-18,23H2,(H,52,53). The van der Waals surface area contributed by atoms with Gasteiger partial charge in [0.2, 0.25) is 0 Å². The zero-order valence-corrected chi connectivity index (χ0v) is 28.0. The van der Waals surface area contributed by atoms with Gasteiger partial charge in [0.15, 0.2) is 0 Å². The van der Waals surface area contributed by atoms with Crippen LogP contribution in [0.4, 0.5) is 68.0 Å². The molecular weight excluding hydrogens is 717 g/mol. The lowest BCUT2D eigenvalue weighted by Gasteiger charge is -2.41. The average Bonchev–Trinajstić information content (AvgIpc) is 3.13. The largest absolute Gasteiger partial charge is 0.478 e. The van der Waals surface area contributed by atoms with Crippen LogP contribution in [0.25, 0.3) is 0 Å². The van der Waals surface area contributed by atoms with Gasteiger partial charge in [-0.2, -0.15) is 39.5 Å². The van der Waals surface area contributed by atoms with Crippen molar-refractivity contribution in [2.45, 2.75) is 25.1 Å². The number of nitrogens with one attached hydrogen (secondary N) is 1. The molecule has 2 aliphatic heterocycles. The van der Waals surface area contributed by atoms with E-state index in [1.807, 2.05) is 4.90 Å². The van der Waals surface area contributed by atoms with Crippen molar-refractivity contribution in [3.63, 3.8) is 0 Å². The molecule has 2 heterocycles. The van der Waals surface area contributed by atoms with Crippen LogP contribution in [0.2, 0.25) is 0 Å². The van der Waals surface area contributed by atoms with E-state index in [-0.39, 0.29) is 75.8 Å². The van der Waals surface area contributed by atoms with Crippen LogP contribution in [0, 0.1) is 0 Å². The van der Waals surface area contributed by atoms with Crippen molar-refractivity contribution < 1.29 is 49.4 Å². The van der Waals surface area contributed by atoms with Gasteiger partial charge in [-0.05, 0) is 66.2 Å². The minimum Gasteiger partial charge on any atom is -0.478 e. The van der Waals surface area contributed by atoms with E-state index in [9.17, 15) is 49.4 Å². The Bertz CT molecular complexity index is 1910. The number of benzene rings is 4. The average molecular weight is 752 g/mol. The molecule has 0 spiro atoms. The summed E-state index contributed by atoms with van der Waals surface area (Å²) in [5, 5.41) is 12.3. The van der Waals surface area contributed by atoms with Crippen molar-refractivity contribution in [2.75, 3.05) is 77.3 Å². The van der Waals surface area contributed by atoms with E-state index in [0.29, 0.717) is 22.6 Å². The molecule has 53 heavy (non-hydrogen) atoms. The Balaban J connectivity index is 1.29. The van der Waals surface area contributed by atoms with Crippen LogP contribution < -0.4 is 24.9 Å². The normalized spacial score (nSPS) is 15.9. The fourth-order valence-electron chi connectivity index (χ4n) is 6.60. The van der Waals surface area contributed by atoms with Gasteiger partial charge in [-0.15, -0.1) is 0 Å². The molecule has 6 rings (SSSR count). The Morgan fingerprint density at radius 1 is 0.566 bits per heavy atom. The summed E-state index contributed by atoms with van der Waals surface area (Å²) >= 11 is 0. The molecular formula is C37H34F9N5O2. The molecule has 7 nitrogen and oxygen atoms in total. The molecule has 0 aromatic heterocycles. The van der Waals surface area contributed by atoms with Crippen LogP contribution in [-0.4, -0.2) is 63.4 Å². The number of anilines is 5. The summed E-state index contributed by atoms with van der Waals surface area (Å²) in [6.45, 7) is 1.66. The molecule has 0 amide bonds. The highest BCUT2D eigenvalue weighted by Crippen LogP contribution is 2.44. The van der Waals surface area contributed by atoms with Crippen LogP contribution >= 0.6 is 0 Å². The number of carbonyl (C=O) groups is 1. The summed E-state index contributed by atoms with van der Waals surface area (Å²) < 4.78 is 125. The first-order valence-electron chi connectivity index (χ1n) is 16.6. The molecule has 0 bridgehead atoms. The van der Waals surface area contributed by atoms with Gasteiger partial charge in [-0.3, -0.25) is 0 Å². The third-order valence-corrected chi connectivity index (χ3v) is 9.42. The number of aromatic carboxylic acids is 1. The molecule has 16 heteroatoms. The number of nitrogens with zero attached hydrogens (tertiary/aromatic N) is 4. The molecule has 282 valence electrons. The molecule has 2 fully saturated rings. The predicted octanol–water partition coefficient (Wildman–Crippen LogP) is 8.71. The maximum atomic E-state index is 14.8. The van der Waals surface area contributed by atoms with E-state index in [1.165, 1.54) is 36.4 Å². The molecule has 2 aliphatic rings. The van der Waals surface area contributed by atoms with Crippen molar-refractivity contribution in [1.82, 2.24) is 0 Å². The van der Waals surface area contributed by atoms with Crippen LogP contribution in [0.3, 0.4) is 0 Å². The zero-order valence-electron chi connectivity index (χ0n) is 28.0. The number of rotatable bonds is 8. The topological polar surface area (TPSA) is 62.3 Å². The van der Waals surface area contributed by atoms with Gasteiger partial charge in [0, 0.05) is 70.3 Å². The lowest BCUT2D eigenvalue weighted by molar-refractivity contribution is -0.138. The minimum absolute atomic E-state index is 0.0462. The van der Waals surface area contributed by atoms with Crippen LogP contribution in [0.5, 0.6) is 0 Å². The summed E-state index contributed by atoms with van der Waals surface area (Å²) in [7, 11) is 0. The molecule has 2 N–H and O–H groups in total. The Hall–Kier alpha value is -5.28. The predicted molar refractivity (Wildman–Crippen MR) is 184 cm³/mol. The summed E-state index contributed by atoms with van der Waals surface area (Å²) in [6.07, 6.45) is -13.9. The number of halogens is 9. The van der Waals surface area contributed by atoms with E-state index in [2.05, 4.69) is 5.32 Å². The summed E-state index contributed by atoms with van der Waals surface area (Å²) in [5.41, 5.74) is -0.717. The van der Waals surface area contributed by atoms with Crippen LogP contribution in [0.1, 0.15) is 32.6 Å². The molecule has 4 aromatic carbocycles. The van der Waals surface area contributed by atoms with Crippen molar-refractivity contribution in [1.29, 1.82) is 0 Å². The smallest absolute Gasteiger partial charge is 0.418 e. The van der Waals surface area contributed by atoms with Crippen molar-refractivity contribution >= 4 is 34.4 Å². The van der Waals surface area contributed by atoms with E-state index in [4.69, 9.17) is 0 Å². The number of hydrogen-bond acceptors (Lipinski definition) is 6. The quantitative estimate of drug-likeness (QED) is 0.175. The van der Waals surface area contributed by atoms with Gasteiger partial charge >= 0.3 is 24.5 Å². The van der Waals surface area contributed by atoms with E-state index < -0.39 is 41.2 Å². The summed E-state index contributed by atoms with van der Waals surface area (Å²) in [6, 6.07) is 18.1. The molecule has 0 saturated carbocycles. The molecule has 4 aromatic rings. The van der Waals surface area contributed by atoms with Crippen LogP contribution in [-0.2, 0) is 25.1 Å². The first-order chi connectivity index (χ1) is 25.0. The van der Waals surface area contributed by atoms with Gasteiger partial charge in [-0.1, -0.05) is 24.3 Å². The maximum absolute atomic E-state index is 14.8. The number of carboxylic acid groups (broad SMARTS) is 1. The van der Waals surface area contributed by atoms with Gasteiger partial charge < -0.3 is 30.0 Å². The molecule has 0 unspecified atom stereocenters. The molecule has 2 saturated heterocycles. The van der Waals surface area contributed by atoms with E-state index in [1.54, 1.807) is 32.9 Å². The second-order valence-electron chi connectivity index (χ2n) is 12.8. The van der Waals surface area contributed by atoms with Crippen LogP contribution in [0.15, 0.2) is 84.9 Å². The second kappa shape index (κ2) is 14.6. The number of alkyl halides is 9. The lowest BCUT2D eigenvalue weighted by Crippen LogP contribution is -2.48. The van der Waals surface area contributed by atoms with E-state index >= 15 is 0 Å². The van der Waals surface area contributed by atoms with Crippen molar-refractivity contribution in [2.24, 2.45) is 0 Å². The Morgan fingerprint density at radius 2 is 1.02 bits per heavy atom. The Labute approximate surface area is 298 Å². The third kappa shape index (κ3) is 8.69. The Kier molecular flexibility index (Phi) is 10.3. The number of carboxylic acids is 1. The van der Waals surface area contributed by atoms with Gasteiger partial charge in [0.05, 0.1) is 39.3 Å².